The van der Waals surface area contributed by atoms with Crippen LogP contribution in [0.5, 0.6) is 0 Å². The zero-order chi connectivity index (χ0) is 14.1. The molecule has 1 heterocycles. The normalized spacial score (nSPS) is 13.8. The zero-order valence-electron chi connectivity index (χ0n) is 10.9. The Bertz CT molecular complexity index is 733. The molecule has 0 unspecified atom stereocenters. The number of nitrogens with one attached hydrogen (secondary N) is 1. The van der Waals surface area contributed by atoms with Crippen molar-refractivity contribution in [3.05, 3.63) is 71.2 Å². The van der Waals surface area contributed by atoms with Gasteiger partial charge in [0.15, 0.2) is 5.78 Å². The van der Waals surface area contributed by atoms with Gasteiger partial charge in [0.1, 0.15) is 5.69 Å². The number of rotatable bonds is 2. The summed E-state index contributed by atoms with van der Waals surface area (Å²) in [4.78, 5) is 28.5. The Morgan fingerprint density at radius 2 is 1.85 bits per heavy atom. The van der Waals surface area contributed by atoms with E-state index in [0.717, 1.165) is 11.3 Å². The summed E-state index contributed by atoms with van der Waals surface area (Å²) in [5, 5.41) is 2.97. The molecule has 4 heteroatoms. The average Bonchev–Trinajstić information content (AvgIpc) is 2.45. The number of para-hydroxylation sites is 1. The fourth-order valence-electron chi connectivity index (χ4n) is 2.11. The van der Waals surface area contributed by atoms with Gasteiger partial charge in [0.05, 0.1) is 11.3 Å². The maximum Gasteiger partial charge on any atom is 0.228 e. The maximum atomic E-state index is 12.3. The van der Waals surface area contributed by atoms with Gasteiger partial charge >= 0.3 is 0 Å². The molecule has 20 heavy (non-hydrogen) atoms. The SMILES string of the molecule is Cc1cnc2c(c1)C(=O)C=C(Nc1ccccc1)C2=O. The molecule has 4 nitrogen and oxygen atoms in total. The van der Waals surface area contributed by atoms with Crippen LogP contribution >= 0.6 is 0 Å². The van der Waals surface area contributed by atoms with Gasteiger partial charge in [-0.2, -0.15) is 0 Å². The summed E-state index contributed by atoms with van der Waals surface area (Å²) in [6, 6.07) is 10.9. The topological polar surface area (TPSA) is 59.1 Å². The number of hydrogen-bond donors (Lipinski definition) is 1. The fourth-order valence-corrected chi connectivity index (χ4v) is 2.11. The van der Waals surface area contributed by atoms with E-state index >= 15 is 0 Å². The molecule has 0 atom stereocenters. The van der Waals surface area contributed by atoms with Gasteiger partial charge in [0.25, 0.3) is 0 Å². The minimum atomic E-state index is -0.261. The quantitative estimate of drug-likeness (QED) is 0.906. The number of aromatic nitrogens is 1. The molecule has 1 aromatic carbocycles. The van der Waals surface area contributed by atoms with E-state index in [2.05, 4.69) is 10.3 Å². The molecule has 98 valence electrons. The molecule has 0 radical (unpaired) electrons. The summed E-state index contributed by atoms with van der Waals surface area (Å²) in [5.41, 5.74) is 2.45. The molecule has 0 spiro atoms. The number of anilines is 1. The highest BCUT2D eigenvalue weighted by molar-refractivity contribution is 6.24. The minimum absolute atomic E-state index is 0.200. The average molecular weight is 264 g/mol. The van der Waals surface area contributed by atoms with Gasteiger partial charge in [-0.1, -0.05) is 18.2 Å². The number of hydrogen-bond acceptors (Lipinski definition) is 4. The van der Waals surface area contributed by atoms with E-state index in [1.165, 1.54) is 6.08 Å². The number of nitrogens with zero attached hydrogens (tertiary/aromatic N) is 1. The predicted molar refractivity (Wildman–Crippen MR) is 75.8 cm³/mol. The van der Waals surface area contributed by atoms with Gasteiger partial charge in [-0.25, -0.2) is 0 Å². The van der Waals surface area contributed by atoms with Crippen molar-refractivity contribution in [2.24, 2.45) is 0 Å². The number of ketones is 2. The van der Waals surface area contributed by atoms with Crippen LogP contribution in [-0.4, -0.2) is 16.6 Å². The van der Waals surface area contributed by atoms with Gasteiger partial charge in [0.2, 0.25) is 5.78 Å². The first kappa shape index (κ1) is 12.3. The second kappa shape index (κ2) is 4.74. The van der Waals surface area contributed by atoms with E-state index < -0.39 is 0 Å². The predicted octanol–water partition coefficient (Wildman–Crippen LogP) is 2.77. The minimum Gasteiger partial charge on any atom is -0.352 e. The number of allylic oxidation sites excluding steroid dienone is 2. The van der Waals surface area contributed by atoms with Crippen LogP contribution in [0.1, 0.15) is 26.4 Å². The Morgan fingerprint density at radius 1 is 1.10 bits per heavy atom. The van der Waals surface area contributed by atoms with Crippen LogP contribution in [0.2, 0.25) is 0 Å². The number of pyridine rings is 1. The van der Waals surface area contributed by atoms with Gasteiger partial charge in [-0.05, 0) is 30.7 Å². The molecule has 3 rings (SSSR count). The van der Waals surface area contributed by atoms with Crippen molar-refractivity contribution >= 4 is 17.3 Å². The van der Waals surface area contributed by atoms with Crippen molar-refractivity contribution in [2.75, 3.05) is 5.32 Å². The monoisotopic (exact) mass is 264 g/mol. The number of fused-ring (bicyclic) bond motifs is 1. The zero-order valence-corrected chi connectivity index (χ0v) is 10.9. The summed E-state index contributed by atoms with van der Waals surface area (Å²) < 4.78 is 0. The van der Waals surface area contributed by atoms with Crippen LogP contribution in [0, 0.1) is 6.92 Å². The van der Waals surface area contributed by atoms with Gasteiger partial charge in [0, 0.05) is 18.0 Å². The van der Waals surface area contributed by atoms with Crippen LogP contribution in [0.25, 0.3) is 0 Å². The Kier molecular flexibility index (Phi) is 2.91. The molecule has 1 aromatic heterocycles. The summed E-state index contributed by atoms with van der Waals surface area (Å²) in [6.07, 6.45) is 2.92. The highest BCUT2D eigenvalue weighted by Gasteiger charge is 2.27. The molecule has 0 fully saturated rings. The first-order valence-electron chi connectivity index (χ1n) is 6.24. The van der Waals surface area contributed by atoms with Crippen LogP contribution in [0.15, 0.2) is 54.4 Å². The molecule has 2 aromatic rings. The van der Waals surface area contributed by atoms with Crippen LogP contribution in [0.4, 0.5) is 5.69 Å². The Balaban J connectivity index is 1.98. The molecule has 0 amide bonds. The van der Waals surface area contributed by atoms with E-state index in [1.807, 2.05) is 37.3 Å². The summed E-state index contributed by atoms with van der Waals surface area (Å²) in [6.45, 7) is 1.84. The van der Waals surface area contributed by atoms with Crippen molar-refractivity contribution in [2.45, 2.75) is 6.92 Å². The lowest BCUT2D eigenvalue weighted by Crippen LogP contribution is -2.23. The Morgan fingerprint density at radius 3 is 2.60 bits per heavy atom. The fraction of sp³-hybridized carbons (Fsp3) is 0.0625. The highest BCUT2D eigenvalue weighted by atomic mass is 16.1. The van der Waals surface area contributed by atoms with Crippen LogP contribution in [0.3, 0.4) is 0 Å². The highest BCUT2D eigenvalue weighted by Crippen LogP contribution is 2.21. The largest absolute Gasteiger partial charge is 0.352 e. The first-order valence-corrected chi connectivity index (χ1v) is 6.24. The standard InChI is InChI=1S/C16H12N2O2/c1-10-7-12-14(19)8-13(16(20)15(12)17-9-10)18-11-5-3-2-4-6-11/h2-9,18H,1H3. The van der Waals surface area contributed by atoms with Crippen molar-refractivity contribution in [3.8, 4) is 0 Å². The molecule has 0 saturated carbocycles. The Labute approximate surface area is 116 Å². The van der Waals surface area contributed by atoms with E-state index in [0.29, 0.717) is 5.56 Å². The number of Topliss-reactive ketones (excluding diaryl/α,β-unsaturated/α-hetero) is 1. The van der Waals surface area contributed by atoms with E-state index in [-0.39, 0.29) is 23.0 Å². The first-order chi connectivity index (χ1) is 9.65. The lowest BCUT2D eigenvalue weighted by molar-refractivity contribution is 0.0981. The lowest BCUT2D eigenvalue weighted by atomic mass is 9.96. The van der Waals surface area contributed by atoms with Crippen molar-refractivity contribution in [3.63, 3.8) is 0 Å². The second-order valence-corrected chi connectivity index (χ2v) is 4.65. The van der Waals surface area contributed by atoms with Gasteiger partial charge < -0.3 is 5.32 Å². The van der Waals surface area contributed by atoms with E-state index in [9.17, 15) is 9.59 Å². The molecule has 0 bridgehead atoms. The second-order valence-electron chi connectivity index (χ2n) is 4.65. The van der Waals surface area contributed by atoms with Crippen molar-refractivity contribution in [1.29, 1.82) is 0 Å². The molecule has 1 aliphatic carbocycles. The number of carbonyl (C=O) groups is 2. The molecular weight excluding hydrogens is 252 g/mol. The van der Waals surface area contributed by atoms with Crippen molar-refractivity contribution in [1.82, 2.24) is 4.98 Å². The third-order valence-electron chi connectivity index (χ3n) is 3.08. The number of aryl methyl sites for hydroxylation is 1. The molecule has 1 aliphatic rings. The maximum absolute atomic E-state index is 12.3. The summed E-state index contributed by atoms with van der Waals surface area (Å²) in [5.74, 6) is -0.460. The van der Waals surface area contributed by atoms with Crippen molar-refractivity contribution < 1.29 is 9.59 Å². The van der Waals surface area contributed by atoms with Gasteiger partial charge in [-0.15, -0.1) is 0 Å². The summed E-state index contributed by atoms with van der Waals surface area (Å²) in [7, 11) is 0. The smallest absolute Gasteiger partial charge is 0.228 e. The molecular formula is C16H12N2O2. The Hall–Kier alpha value is -2.75. The number of carbonyl (C=O) groups excluding carboxylic acids is 2. The van der Waals surface area contributed by atoms with Gasteiger partial charge in [-0.3, -0.25) is 14.6 Å². The van der Waals surface area contributed by atoms with Crippen LogP contribution in [-0.2, 0) is 0 Å². The third kappa shape index (κ3) is 2.12. The molecule has 0 aliphatic heterocycles. The third-order valence-corrected chi connectivity index (χ3v) is 3.08. The molecule has 0 saturated heterocycles. The lowest BCUT2D eigenvalue weighted by Gasteiger charge is -2.16. The van der Waals surface area contributed by atoms with E-state index in [4.69, 9.17) is 0 Å². The van der Waals surface area contributed by atoms with E-state index in [1.54, 1.807) is 12.3 Å². The summed E-state index contributed by atoms with van der Waals surface area (Å²) >= 11 is 0. The number of benzene rings is 1. The van der Waals surface area contributed by atoms with Crippen LogP contribution < -0.4 is 5.32 Å². The molecule has 1 N–H and O–H groups in total.